The Kier molecular flexibility index (Phi) is 7.75. The fourth-order valence-electron chi connectivity index (χ4n) is 2.24. The maximum atomic E-state index is 12.2. The third-order valence-electron chi connectivity index (χ3n) is 3.55. The van der Waals surface area contributed by atoms with E-state index >= 15 is 0 Å². The van der Waals surface area contributed by atoms with Crippen LogP contribution in [0.4, 0.5) is 5.69 Å². The first-order chi connectivity index (χ1) is 10.9. The van der Waals surface area contributed by atoms with Gasteiger partial charge >= 0.3 is 5.97 Å². The Morgan fingerprint density at radius 2 is 1.74 bits per heavy atom. The highest BCUT2D eigenvalue weighted by Gasteiger charge is 2.16. The number of rotatable bonds is 8. The van der Waals surface area contributed by atoms with Crippen molar-refractivity contribution < 1.29 is 14.3 Å². The van der Waals surface area contributed by atoms with E-state index in [1.165, 1.54) is 0 Å². The zero-order valence-corrected chi connectivity index (χ0v) is 14.8. The standard InChI is InChI=1S/C18H28N2O3/c1-6-8-19-14(5)17(21)20-16-12(3)10-15(11-13(16)4)18(22)23-9-7-2/h10-11,14,19H,6-9H2,1-5H3,(H,20,21). The minimum Gasteiger partial charge on any atom is -0.462 e. The van der Waals surface area contributed by atoms with Crippen LogP contribution in [0.25, 0.3) is 0 Å². The second-order valence-corrected chi connectivity index (χ2v) is 5.79. The lowest BCUT2D eigenvalue weighted by molar-refractivity contribution is -0.117. The van der Waals surface area contributed by atoms with E-state index < -0.39 is 0 Å². The fourth-order valence-corrected chi connectivity index (χ4v) is 2.24. The van der Waals surface area contributed by atoms with Gasteiger partial charge in [0.1, 0.15) is 0 Å². The number of ether oxygens (including phenoxy) is 1. The summed E-state index contributed by atoms with van der Waals surface area (Å²) in [5.74, 6) is -0.403. The molecule has 0 bridgehead atoms. The minimum atomic E-state index is -0.325. The third kappa shape index (κ3) is 5.67. The van der Waals surface area contributed by atoms with Gasteiger partial charge in [0.15, 0.2) is 0 Å². The van der Waals surface area contributed by atoms with Crippen molar-refractivity contribution in [3.63, 3.8) is 0 Å². The van der Waals surface area contributed by atoms with Crippen LogP contribution in [0.2, 0.25) is 0 Å². The van der Waals surface area contributed by atoms with Crippen molar-refractivity contribution in [3.05, 3.63) is 28.8 Å². The molecule has 0 saturated carbocycles. The van der Waals surface area contributed by atoms with Crippen molar-refractivity contribution in [2.75, 3.05) is 18.5 Å². The molecule has 0 spiro atoms. The zero-order valence-electron chi connectivity index (χ0n) is 14.8. The zero-order chi connectivity index (χ0) is 17.4. The Bertz CT molecular complexity index is 532. The average molecular weight is 320 g/mol. The molecule has 2 N–H and O–H groups in total. The van der Waals surface area contributed by atoms with Gasteiger partial charge in [-0.05, 0) is 63.4 Å². The average Bonchev–Trinajstić information content (AvgIpc) is 2.52. The van der Waals surface area contributed by atoms with E-state index in [0.29, 0.717) is 12.2 Å². The third-order valence-corrected chi connectivity index (χ3v) is 3.55. The van der Waals surface area contributed by atoms with E-state index in [1.54, 1.807) is 12.1 Å². The number of amides is 1. The number of esters is 1. The van der Waals surface area contributed by atoms with Gasteiger partial charge in [-0.25, -0.2) is 4.79 Å². The van der Waals surface area contributed by atoms with E-state index in [4.69, 9.17) is 4.74 Å². The monoisotopic (exact) mass is 320 g/mol. The minimum absolute atomic E-state index is 0.0778. The lowest BCUT2D eigenvalue weighted by Gasteiger charge is -2.17. The Hall–Kier alpha value is -1.88. The van der Waals surface area contributed by atoms with Gasteiger partial charge in [0.25, 0.3) is 0 Å². The second-order valence-electron chi connectivity index (χ2n) is 5.79. The predicted octanol–water partition coefficient (Wildman–Crippen LogP) is 3.20. The van der Waals surface area contributed by atoms with Crippen molar-refractivity contribution in [1.29, 1.82) is 0 Å². The largest absolute Gasteiger partial charge is 0.462 e. The SMILES string of the molecule is CCCNC(C)C(=O)Nc1c(C)cc(C(=O)OCCC)cc1C. The van der Waals surface area contributed by atoms with E-state index in [1.807, 2.05) is 27.7 Å². The quantitative estimate of drug-likeness (QED) is 0.722. The van der Waals surface area contributed by atoms with Gasteiger partial charge in [-0.3, -0.25) is 4.79 Å². The molecular weight excluding hydrogens is 292 g/mol. The molecule has 0 aliphatic carbocycles. The molecule has 1 unspecified atom stereocenters. The summed E-state index contributed by atoms with van der Waals surface area (Å²) in [4.78, 5) is 24.2. The van der Waals surface area contributed by atoms with Crippen LogP contribution in [0.3, 0.4) is 0 Å². The van der Waals surface area contributed by atoms with Gasteiger partial charge in [0.2, 0.25) is 5.91 Å². The highest BCUT2D eigenvalue weighted by Crippen LogP contribution is 2.23. The first-order valence-electron chi connectivity index (χ1n) is 8.23. The maximum Gasteiger partial charge on any atom is 0.338 e. The van der Waals surface area contributed by atoms with Crippen LogP contribution >= 0.6 is 0 Å². The summed E-state index contributed by atoms with van der Waals surface area (Å²) in [6, 6.07) is 3.25. The number of carbonyl (C=O) groups excluding carboxylic acids is 2. The summed E-state index contributed by atoms with van der Waals surface area (Å²) in [6.07, 6.45) is 1.77. The molecular formula is C18H28N2O3. The van der Waals surface area contributed by atoms with Crippen LogP contribution in [0.15, 0.2) is 12.1 Å². The summed E-state index contributed by atoms with van der Waals surface area (Å²) in [5.41, 5.74) is 2.98. The number of carbonyl (C=O) groups is 2. The lowest BCUT2D eigenvalue weighted by atomic mass is 10.0. The Balaban J connectivity index is 2.85. The fraction of sp³-hybridized carbons (Fsp3) is 0.556. The van der Waals surface area contributed by atoms with Gasteiger partial charge in [-0.15, -0.1) is 0 Å². The molecule has 23 heavy (non-hydrogen) atoms. The molecule has 1 rings (SSSR count). The first kappa shape index (κ1) is 19.2. The first-order valence-corrected chi connectivity index (χ1v) is 8.23. The van der Waals surface area contributed by atoms with Gasteiger partial charge in [0.05, 0.1) is 18.2 Å². The molecule has 128 valence electrons. The molecule has 0 aliphatic rings. The summed E-state index contributed by atoms with van der Waals surface area (Å²) in [5, 5.41) is 6.10. The number of nitrogens with one attached hydrogen (secondary N) is 2. The molecule has 1 aromatic carbocycles. The van der Waals surface area contributed by atoms with Crippen molar-refractivity contribution in [2.24, 2.45) is 0 Å². The highest BCUT2D eigenvalue weighted by molar-refractivity contribution is 5.97. The van der Waals surface area contributed by atoms with Crippen molar-refractivity contribution in [3.8, 4) is 0 Å². The summed E-state index contributed by atoms with van der Waals surface area (Å²) in [7, 11) is 0. The molecule has 0 aromatic heterocycles. The summed E-state index contributed by atoms with van der Waals surface area (Å²) in [6.45, 7) is 10.8. The molecule has 5 nitrogen and oxygen atoms in total. The molecule has 1 atom stereocenters. The Morgan fingerprint density at radius 1 is 1.13 bits per heavy atom. The van der Waals surface area contributed by atoms with Gasteiger partial charge in [0, 0.05) is 5.69 Å². The van der Waals surface area contributed by atoms with Crippen molar-refractivity contribution in [2.45, 2.75) is 53.5 Å². The van der Waals surface area contributed by atoms with Crippen LogP contribution in [0.5, 0.6) is 0 Å². The smallest absolute Gasteiger partial charge is 0.338 e. The number of hydrogen-bond acceptors (Lipinski definition) is 4. The van der Waals surface area contributed by atoms with E-state index in [9.17, 15) is 9.59 Å². The van der Waals surface area contributed by atoms with Gasteiger partial charge < -0.3 is 15.4 Å². The van der Waals surface area contributed by atoms with Gasteiger partial charge in [-0.1, -0.05) is 13.8 Å². The Morgan fingerprint density at radius 3 is 2.26 bits per heavy atom. The van der Waals surface area contributed by atoms with Crippen molar-refractivity contribution >= 4 is 17.6 Å². The Labute approximate surface area is 138 Å². The molecule has 0 fully saturated rings. The topological polar surface area (TPSA) is 67.4 Å². The second kappa shape index (κ2) is 9.30. The van der Waals surface area contributed by atoms with Crippen LogP contribution in [-0.4, -0.2) is 31.1 Å². The maximum absolute atomic E-state index is 12.2. The molecule has 1 aromatic rings. The molecule has 0 heterocycles. The molecule has 0 radical (unpaired) electrons. The summed E-state index contributed by atoms with van der Waals surface area (Å²) >= 11 is 0. The van der Waals surface area contributed by atoms with Crippen LogP contribution < -0.4 is 10.6 Å². The number of aryl methyl sites for hydroxylation is 2. The van der Waals surface area contributed by atoms with E-state index in [-0.39, 0.29) is 17.9 Å². The van der Waals surface area contributed by atoms with Crippen molar-refractivity contribution in [1.82, 2.24) is 5.32 Å². The van der Waals surface area contributed by atoms with Crippen LogP contribution in [0, 0.1) is 13.8 Å². The van der Waals surface area contributed by atoms with E-state index in [2.05, 4.69) is 17.6 Å². The summed E-state index contributed by atoms with van der Waals surface area (Å²) < 4.78 is 5.15. The normalized spacial score (nSPS) is 11.9. The van der Waals surface area contributed by atoms with Gasteiger partial charge in [-0.2, -0.15) is 0 Å². The highest BCUT2D eigenvalue weighted by atomic mass is 16.5. The molecule has 5 heteroatoms. The molecule has 0 aliphatic heterocycles. The lowest BCUT2D eigenvalue weighted by Crippen LogP contribution is -2.38. The van der Waals surface area contributed by atoms with Crippen LogP contribution in [0.1, 0.15) is 55.1 Å². The number of hydrogen-bond donors (Lipinski definition) is 2. The van der Waals surface area contributed by atoms with E-state index in [0.717, 1.165) is 36.2 Å². The number of anilines is 1. The predicted molar refractivity (Wildman–Crippen MR) is 92.9 cm³/mol. The van der Waals surface area contributed by atoms with Crippen LogP contribution in [-0.2, 0) is 9.53 Å². The molecule has 1 amide bonds. The molecule has 0 saturated heterocycles. The number of benzene rings is 1.